The van der Waals surface area contributed by atoms with E-state index in [0.29, 0.717) is 11.8 Å². The van der Waals surface area contributed by atoms with Crippen LogP contribution in [0.25, 0.3) is 10.8 Å². The third-order valence-corrected chi connectivity index (χ3v) is 5.84. The predicted octanol–water partition coefficient (Wildman–Crippen LogP) is 2.17. The molecule has 1 aliphatic rings. The van der Waals surface area contributed by atoms with E-state index in [0.717, 1.165) is 36.7 Å². The monoisotopic (exact) mass is 386 g/mol. The number of nitrogens with zero attached hydrogens (tertiary/aromatic N) is 4. The molecule has 9 heteroatoms. The molecule has 0 saturated carbocycles. The van der Waals surface area contributed by atoms with E-state index in [4.69, 9.17) is 4.42 Å². The molecule has 1 N–H and O–H groups in total. The molecule has 0 spiro atoms. The van der Waals surface area contributed by atoms with Crippen LogP contribution >= 0.6 is 11.3 Å². The SMILES string of the molecule is C[C@H](c1nnc(-c2cccs2)o1)[NH+]1CCN(c2ccc([N+](=O)[O-])cc2)CC1. The minimum Gasteiger partial charge on any atom is -0.414 e. The highest BCUT2D eigenvalue weighted by molar-refractivity contribution is 7.13. The van der Waals surface area contributed by atoms with Crippen molar-refractivity contribution in [1.82, 2.24) is 10.2 Å². The Balaban J connectivity index is 1.38. The number of nitrogens with one attached hydrogen (secondary N) is 1. The number of piperazine rings is 1. The van der Waals surface area contributed by atoms with E-state index in [2.05, 4.69) is 22.0 Å². The Morgan fingerprint density at radius 3 is 2.59 bits per heavy atom. The molecular formula is C18H20N5O3S+. The Hall–Kier alpha value is -2.78. The molecule has 3 aromatic rings. The summed E-state index contributed by atoms with van der Waals surface area (Å²) in [5.41, 5.74) is 1.14. The number of hydrogen-bond acceptors (Lipinski definition) is 7. The van der Waals surface area contributed by atoms with Crippen molar-refractivity contribution in [3.05, 3.63) is 57.8 Å². The number of quaternary nitrogens is 1. The number of benzene rings is 1. The molecule has 4 rings (SSSR count). The third-order valence-electron chi connectivity index (χ3n) is 4.99. The molecule has 3 heterocycles. The number of anilines is 1. The molecule has 1 aromatic carbocycles. The molecule has 8 nitrogen and oxygen atoms in total. The quantitative estimate of drug-likeness (QED) is 0.534. The maximum Gasteiger partial charge on any atom is 0.274 e. The highest BCUT2D eigenvalue weighted by atomic mass is 32.1. The number of nitro benzene ring substituents is 1. The van der Waals surface area contributed by atoms with Gasteiger partial charge in [-0.05, 0) is 30.5 Å². The van der Waals surface area contributed by atoms with Gasteiger partial charge < -0.3 is 14.2 Å². The Morgan fingerprint density at radius 2 is 1.96 bits per heavy atom. The standard InChI is InChI=1S/C18H19N5O3S/c1-13(17-19-20-18(26-17)16-3-2-12-27-16)21-8-10-22(11-9-21)14-4-6-15(7-5-14)23(24)25/h2-7,12-13H,8-11H2,1H3/p+1/t13-/m1/s1. The van der Waals surface area contributed by atoms with Crippen LogP contribution < -0.4 is 9.80 Å². The summed E-state index contributed by atoms with van der Waals surface area (Å²) >= 11 is 1.59. The zero-order chi connectivity index (χ0) is 18.8. The molecule has 1 fully saturated rings. The van der Waals surface area contributed by atoms with E-state index in [-0.39, 0.29) is 16.7 Å². The fourth-order valence-corrected chi connectivity index (χ4v) is 4.00. The number of hydrogen-bond donors (Lipinski definition) is 1. The van der Waals surface area contributed by atoms with Gasteiger partial charge >= 0.3 is 0 Å². The van der Waals surface area contributed by atoms with Crippen molar-refractivity contribution in [1.29, 1.82) is 0 Å². The van der Waals surface area contributed by atoms with Gasteiger partial charge in [0.2, 0.25) is 0 Å². The Kier molecular flexibility index (Phi) is 4.87. The molecule has 27 heavy (non-hydrogen) atoms. The summed E-state index contributed by atoms with van der Waals surface area (Å²) in [6, 6.07) is 10.8. The zero-order valence-electron chi connectivity index (χ0n) is 14.9. The van der Waals surface area contributed by atoms with Crippen LogP contribution in [0.15, 0.2) is 46.2 Å². The van der Waals surface area contributed by atoms with Crippen LogP contribution in [-0.2, 0) is 0 Å². The van der Waals surface area contributed by atoms with Crippen molar-refractivity contribution in [3.8, 4) is 10.8 Å². The summed E-state index contributed by atoms with van der Waals surface area (Å²) in [5, 5.41) is 21.2. The van der Waals surface area contributed by atoms with Gasteiger partial charge in [-0.15, -0.1) is 21.5 Å². The lowest BCUT2D eigenvalue weighted by Gasteiger charge is -2.35. The maximum absolute atomic E-state index is 10.8. The summed E-state index contributed by atoms with van der Waals surface area (Å²) in [6.07, 6.45) is 0. The van der Waals surface area contributed by atoms with Gasteiger partial charge in [0.1, 0.15) is 0 Å². The molecule has 1 aliphatic heterocycles. The molecular weight excluding hydrogens is 366 g/mol. The normalized spacial score (nSPS) is 16.4. The second-order valence-corrected chi connectivity index (χ2v) is 7.51. The highest BCUT2D eigenvalue weighted by Gasteiger charge is 2.29. The van der Waals surface area contributed by atoms with Crippen LogP contribution in [0, 0.1) is 10.1 Å². The second-order valence-electron chi connectivity index (χ2n) is 6.56. The van der Waals surface area contributed by atoms with Gasteiger partial charge in [0.25, 0.3) is 17.5 Å². The van der Waals surface area contributed by atoms with Gasteiger partial charge in [-0.25, -0.2) is 0 Å². The largest absolute Gasteiger partial charge is 0.414 e. The fraction of sp³-hybridized carbons (Fsp3) is 0.333. The van der Waals surface area contributed by atoms with Crippen LogP contribution in [0.4, 0.5) is 11.4 Å². The lowest BCUT2D eigenvalue weighted by Crippen LogP contribution is -3.14. The molecule has 1 atom stereocenters. The number of aromatic nitrogens is 2. The average molecular weight is 386 g/mol. The molecule has 0 amide bonds. The number of nitro groups is 1. The zero-order valence-corrected chi connectivity index (χ0v) is 15.7. The first-order chi connectivity index (χ1) is 13.1. The fourth-order valence-electron chi connectivity index (χ4n) is 3.35. The van der Waals surface area contributed by atoms with Gasteiger partial charge in [-0.1, -0.05) is 6.07 Å². The topological polar surface area (TPSA) is 89.7 Å². The Bertz CT molecular complexity index is 901. The van der Waals surface area contributed by atoms with Crippen LogP contribution in [0.5, 0.6) is 0 Å². The van der Waals surface area contributed by atoms with Gasteiger partial charge in [0, 0.05) is 17.8 Å². The first-order valence-corrected chi connectivity index (χ1v) is 9.71. The summed E-state index contributed by atoms with van der Waals surface area (Å²) < 4.78 is 5.88. The number of non-ortho nitro benzene ring substituents is 1. The van der Waals surface area contributed by atoms with E-state index in [1.807, 2.05) is 29.6 Å². The number of thiophene rings is 1. The summed E-state index contributed by atoms with van der Waals surface area (Å²) in [5.74, 6) is 1.24. The van der Waals surface area contributed by atoms with Gasteiger partial charge in [0.05, 0.1) is 36.0 Å². The molecule has 0 radical (unpaired) electrons. The minimum absolute atomic E-state index is 0.120. The first-order valence-electron chi connectivity index (χ1n) is 8.83. The van der Waals surface area contributed by atoms with Gasteiger partial charge in [-0.3, -0.25) is 10.1 Å². The first kappa shape index (κ1) is 17.6. The van der Waals surface area contributed by atoms with E-state index < -0.39 is 0 Å². The van der Waals surface area contributed by atoms with Crippen molar-refractivity contribution in [3.63, 3.8) is 0 Å². The summed E-state index contributed by atoms with van der Waals surface area (Å²) in [7, 11) is 0. The summed E-state index contributed by atoms with van der Waals surface area (Å²) in [4.78, 5) is 15.1. The lowest BCUT2D eigenvalue weighted by atomic mass is 10.2. The Morgan fingerprint density at radius 1 is 1.22 bits per heavy atom. The van der Waals surface area contributed by atoms with Crippen molar-refractivity contribution in [2.75, 3.05) is 31.1 Å². The van der Waals surface area contributed by atoms with Crippen molar-refractivity contribution < 1.29 is 14.2 Å². The lowest BCUT2D eigenvalue weighted by molar-refractivity contribution is -0.931. The smallest absolute Gasteiger partial charge is 0.274 e. The number of rotatable bonds is 5. The van der Waals surface area contributed by atoms with Crippen LogP contribution in [-0.4, -0.2) is 41.3 Å². The Labute approximate surface area is 160 Å². The average Bonchev–Trinajstić information content (AvgIpc) is 3.39. The van der Waals surface area contributed by atoms with E-state index in [1.165, 1.54) is 4.90 Å². The van der Waals surface area contributed by atoms with Gasteiger partial charge in [-0.2, -0.15) is 0 Å². The molecule has 0 unspecified atom stereocenters. The molecule has 2 aromatic heterocycles. The predicted molar refractivity (Wildman–Crippen MR) is 102 cm³/mol. The minimum atomic E-state index is -0.373. The van der Waals surface area contributed by atoms with Crippen LogP contribution in [0.1, 0.15) is 18.9 Å². The van der Waals surface area contributed by atoms with Crippen molar-refractivity contribution in [2.24, 2.45) is 0 Å². The molecule has 140 valence electrons. The maximum atomic E-state index is 10.8. The highest BCUT2D eigenvalue weighted by Crippen LogP contribution is 2.24. The van der Waals surface area contributed by atoms with Gasteiger partial charge in [0.15, 0.2) is 6.04 Å². The third kappa shape index (κ3) is 3.69. The van der Waals surface area contributed by atoms with E-state index >= 15 is 0 Å². The second kappa shape index (κ2) is 7.45. The van der Waals surface area contributed by atoms with Crippen LogP contribution in [0.2, 0.25) is 0 Å². The van der Waals surface area contributed by atoms with Crippen molar-refractivity contribution in [2.45, 2.75) is 13.0 Å². The van der Waals surface area contributed by atoms with Crippen LogP contribution in [0.3, 0.4) is 0 Å². The molecule has 0 bridgehead atoms. The summed E-state index contributed by atoms with van der Waals surface area (Å²) in [6.45, 7) is 5.75. The molecule has 0 aliphatic carbocycles. The van der Waals surface area contributed by atoms with E-state index in [1.54, 1.807) is 23.5 Å². The molecule has 1 saturated heterocycles. The van der Waals surface area contributed by atoms with E-state index in [9.17, 15) is 10.1 Å². The van der Waals surface area contributed by atoms with Crippen molar-refractivity contribution >= 4 is 22.7 Å².